The molecule has 0 spiro atoms. The zero-order valence-electron chi connectivity index (χ0n) is 23.7. The quantitative estimate of drug-likeness (QED) is 0.194. The molecule has 2 N–H and O–H groups in total. The molecule has 206 valence electrons. The second kappa shape index (κ2) is 11.2. The Labute approximate surface area is 238 Å². The van der Waals surface area contributed by atoms with Gasteiger partial charge in [0.1, 0.15) is 23.0 Å². The van der Waals surface area contributed by atoms with Crippen molar-refractivity contribution < 1.29 is 10.5 Å². The van der Waals surface area contributed by atoms with Gasteiger partial charge in [-0.1, -0.05) is 48.5 Å². The zero-order valence-corrected chi connectivity index (χ0v) is 22.7. The van der Waals surface area contributed by atoms with Gasteiger partial charge in [-0.25, -0.2) is 9.67 Å². The molecular formula is C31H29FN8O. The van der Waals surface area contributed by atoms with Crippen molar-refractivity contribution in [3.63, 3.8) is 0 Å². The zero-order chi connectivity index (χ0) is 29.3. The van der Waals surface area contributed by atoms with Gasteiger partial charge in [0.2, 0.25) is 5.95 Å². The van der Waals surface area contributed by atoms with Crippen molar-refractivity contribution in [2.45, 2.75) is 44.3 Å². The Hall–Kier alpha value is -5.04. The maximum absolute atomic E-state index is 13.8. The van der Waals surface area contributed by atoms with E-state index in [1.165, 1.54) is 24.5 Å². The number of anilines is 2. The van der Waals surface area contributed by atoms with Gasteiger partial charge in [0.25, 0.3) is 0 Å². The molecule has 1 saturated carbocycles. The van der Waals surface area contributed by atoms with Crippen LogP contribution in [-0.2, 0) is 0 Å². The van der Waals surface area contributed by atoms with Crippen molar-refractivity contribution in [3.05, 3.63) is 102 Å². The average Bonchev–Trinajstić information content (AvgIpc) is 3.75. The summed E-state index contributed by atoms with van der Waals surface area (Å²) in [7, 11) is 1.55. The normalized spacial score (nSPS) is 15.4. The Morgan fingerprint density at radius 2 is 1.95 bits per heavy atom. The van der Waals surface area contributed by atoms with Crippen LogP contribution >= 0.6 is 0 Å². The first kappa shape index (κ1) is 25.0. The second-order valence-corrected chi connectivity index (χ2v) is 9.93. The Morgan fingerprint density at radius 3 is 2.63 bits per heavy atom. The van der Waals surface area contributed by atoms with Crippen LogP contribution in [0.5, 0.6) is 5.75 Å². The van der Waals surface area contributed by atoms with E-state index in [1.807, 2.05) is 36.4 Å². The lowest BCUT2D eigenvalue weighted by atomic mass is 10.0. The summed E-state index contributed by atoms with van der Waals surface area (Å²) in [5.74, 6) is -0.193. The third-order valence-electron chi connectivity index (χ3n) is 7.18. The van der Waals surface area contributed by atoms with Crippen molar-refractivity contribution in [1.82, 2.24) is 25.0 Å². The monoisotopic (exact) mass is 549 g/mol. The first-order valence-electron chi connectivity index (χ1n) is 14.0. The van der Waals surface area contributed by atoms with E-state index in [9.17, 15) is 11.0 Å². The number of hydrogen-bond acceptors (Lipinski definition) is 8. The lowest BCUT2D eigenvalue weighted by Crippen LogP contribution is -2.14. The molecule has 0 bridgehead atoms. The van der Waals surface area contributed by atoms with E-state index in [0.717, 1.165) is 24.8 Å². The van der Waals surface area contributed by atoms with Crippen molar-refractivity contribution in [2.24, 2.45) is 0 Å². The highest BCUT2D eigenvalue weighted by Gasteiger charge is 2.27. The minimum absolute atomic E-state index is 0.0653. The molecule has 1 aliphatic carbocycles. The Bertz CT molecular complexity index is 1770. The molecule has 0 amide bonds. The average molecular weight is 550 g/mol. The molecule has 1 aliphatic rings. The smallest absolute Gasteiger partial charge is 0.212 e. The maximum atomic E-state index is 13.8. The lowest BCUT2D eigenvalue weighted by molar-refractivity contribution is 0.419. The number of aromatic nitrogens is 5. The van der Waals surface area contributed by atoms with Gasteiger partial charge in [-0.15, -0.1) is 5.10 Å². The van der Waals surface area contributed by atoms with Crippen molar-refractivity contribution in [3.8, 4) is 11.8 Å². The van der Waals surface area contributed by atoms with Crippen LogP contribution in [0.3, 0.4) is 0 Å². The van der Waals surface area contributed by atoms with E-state index in [-0.39, 0.29) is 12.1 Å². The number of pyridine rings is 2. The highest BCUT2D eigenvalue weighted by Crippen LogP contribution is 2.39. The van der Waals surface area contributed by atoms with Crippen LogP contribution in [0, 0.1) is 17.3 Å². The molecule has 0 radical (unpaired) electrons. The summed E-state index contributed by atoms with van der Waals surface area (Å²) in [6.45, 7) is 2.08. The molecule has 41 heavy (non-hydrogen) atoms. The number of nitriles is 1. The van der Waals surface area contributed by atoms with E-state index < -0.39 is 12.0 Å². The highest BCUT2D eigenvalue weighted by atomic mass is 19.1. The molecule has 3 aromatic heterocycles. The number of rotatable bonds is 10. The number of fused-ring (bicyclic) bond motifs is 1. The molecule has 5 aromatic rings. The van der Waals surface area contributed by atoms with Crippen LogP contribution in [0.1, 0.15) is 68.0 Å². The SMILES string of the molecule is [2H]C(Nc1cc(OC)c2ncc(C#N)c(NC(CC)c3ccccc3)c2c1)(c1ccc(F)nc1)c1cn(C2CC2)nn1. The van der Waals surface area contributed by atoms with Gasteiger partial charge in [0, 0.05) is 29.5 Å². The van der Waals surface area contributed by atoms with Crippen LogP contribution in [0.25, 0.3) is 10.9 Å². The number of benzene rings is 2. The molecule has 9 nitrogen and oxygen atoms in total. The van der Waals surface area contributed by atoms with E-state index in [4.69, 9.17) is 4.74 Å². The van der Waals surface area contributed by atoms with Crippen LogP contribution in [0.15, 0.2) is 73.2 Å². The van der Waals surface area contributed by atoms with Gasteiger partial charge in [0.15, 0.2) is 0 Å². The number of halogens is 1. The molecule has 6 rings (SSSR count). The molecular weight excluding hydrogens is 519 g/mol. The molecule has 0 aliphatic heterocycles. The third kappa shape index (κ3) is 5.39. The summed E-state index contributed by atoms with van der Waals surface area (Å²) in [6, 6.07) is 17.1. The molecule has 2 atom stereocenters. The summed E-state index contributed by atoms with van der Waals surface area (Å²) < 4.78 is 30.9. The van der Waals surface area contributed by atoms with E-state index in [1.54, 1.807) is 24.1 Å². The molecule has 10 heteroatoms. The number of nitrogens with one attached hydrogen (secondary N) is 2. The Morgan fingerprint density at radius 1 is 1.12 bits per heavy atom. The summed E-state index contributed by atoms with van der Waals surface area (Å²) in [5, 5.41) is 26.1. The van der Waals surface area contributed by atoms with Crippen LogP contribution in [-0.4, -0.2) is 32.1 Å². The third-order valence-corrected chi connectivity index (χ3v) is 7.18. The van der Waals surface area contributed by atoms with Gasteiger partial charge in [-0.3, -0.25) is 4.98 Å². The number of methoxy groups -OCH3 is 1. The summed E-state index contributed by atoms with van der Waals surface area (Å²) in [4.78, 5) is 8.34. The lowest BCUT2D eigenvalue weighted by Gasteiger charge is -2.23. The van der Waals surface area contributed by atoms with Gasteiger partial charge >= 0.3 is 0 Å². The summed E-state index contributed by atoms with van der Waals surface area (Å²) in [5.41, 5.74) is 3.85. The van der Waals surface area contributed by atoms with E-state index in [2.05, 4.69) is 43.9 Å². The summed E-state index contributed by atoms with van der Waals surface area (Å²) >= 11 is 0. The molecule has 1 fully saturated rings. The van der Waals surface area contributed by atoms with Crippen LogP contribution in [0.2, 0.25) is 0 Å². The van der Waals surface area contributed by atoms with Crippen molar-refractivity contribution >= 4 is 22.3 Å². The topological polar surface area (TPSA) is 114 Å². The minimum atomic E-state index is -1.67. The molecule has 0 saturated heterocycles. The fourth-order valence-electron chi connectivity index (χ4n) is 4.88. The number of ether oxygens (including phenoxy) is 1. The van der Waals surface area contributed by atoms with E-state index >= 15 is 0 Å². The fourth-order valence-corrected chi connectivity index (χ4v) is 4.88. The largest absolute Gasteiger partial charge is 0.494 e. The van der Waals surface area contributed by atoms with Gasteiger partial charge in [0.05, 0.1) is 44.0 Å². The van der Waals surface area contributed by atoms with E-state index in [0.29, 0.717) is 44.8 Å². The number of hydrogen-bond donors (Lipinski definition) is 2. The predicted molar refractivity (Wildman–Crippen MR) is 154 cm³/mol. The standard InChI is InChI=1S/C31H29FN8O/c1-3-25(19-7-5-4-6-8-19)37-29-21(15-33)17-35-31-24(29)13-22(14-27(31)41-2)36-30(20-9-12-28(32)34-16-20)26-18-40(39-38-26)23-10-11-23/h4-9,12-14,16-18,23,25,30,36H,3,10-11H2,1-2H3,(H,35,37)/i30D. The van der Waals surface area contributed by atoms with Crippen molar-refractivity contribution in [2.75, 3.05) is 17.7 Å². The second-order valence-electron chi connectivity index (χ2n) is 9.93. The first-order valence-corrected chi connectivity index (χ1v) is 13.5. The fraction of sp³-hybridized carbons (Fsp3) is 0.258. The van der Waals surface area contributed by atoms with Gasteiger partial charge in [-0.2, -0.15) is 9.65 Å². The molecule has 2 aromatic carbocycles. The molecule has 2 unspecified atom stereocenters. The van der Waals surface area contributed by atoms with Crippen LogP contribution in [0.4, 0.5) is 15.8 Å². The summed E-state index contributed by atoms with van der Waals surface area (Å²) in [6.07, 6.45) is 7.38. The molecule has 3 heterocycles. The van der Waals surface area contributed by atoms with Crippen molar-refractivity contribution in [1.29, 1.82) is 5.26 Å². The Balaban J connectivity index is 1.48. The first-order chi connectivity index (χ1) is 20.4. The van der Waals surface area contributed by atoms with Gasteiger partial charge in [-0.05, 0) is 42.5 Å². The number of nitrogens with zero attached hydrogens (tertiary/aromatic N) is 6. The maximum Gasteiger partial charge on any atom is 0.212 e. The van der Waals surface area contributed by atoms with Gasteiger partial charge < -0.3 is 15.4 Å². The van der Waals surface area contributed by atoms with Crippen LogP contribution < -0.4 is 15.4 Å². The Kier molecular flexibility index (Phi) is 6.83. The predicted octanol–water partition coefficient (Wildman–Crippen LogP) is 6.34. The minimum Gasteiger partial charge on any atom is -0.494 e. The highest BCUT2D eigenvalue weighted by molar-refractivity contribution is 5.99.